The summed E-state index contributed by atoms with van der Waals surface area (Å²) in [7, 11) is -2.25. The van der Waals surface area contributed by atoms with E-state index in [2.05, 4.69) is 14.5 Å². The van der Waals surface area contributed by atoms with Crippen molar-refractivity contribution in [2.75, 3.05) is 25.0 Å². The van der Waals surface area contributed by atoms with Crippen molar-refractivity contribution < 1.29 is 23.1 Å². The van der Waals surface area contributed by atoms with E-state index >= 15 is 0 Å². The van der Waals surface area contributed by atoms with Crippen LogP contribution >= 0.6 is 0 Å². The number of nitrogens with zero attached hydrogens (tertiary/aromatic N) is 2. The van der Waals surface area contributed by atoms with Crippen LogP contribution in [0, 0.1) is 0 Å². The molecule has 0 saturated carbocycles. The van der Waals surface area contributed by atoms with Gasteiger partial charge in [-0.15, -0.1) is 0 Å². The summed E-state index contributed by atoms with van der Waals surface area (Å²) >= 11 is 0. The van der Waals surface area contributed by atoms with Gasteiger partial charge in [-0.05, 0) is 0 Å². The molecular formula is C8H14N4O5S. The Bertz CT molecular complexity index is 497. The van der Waals surface area contributed by atoms with Crippen LogP contribution in [-0.4, -0.2) is 49.5 Å². The van der Waals surface area contributed by atoms with Gasteiger partial charge < -0.3 is 9.84 Å². The molecule has 0 aromatic carbocycles. The quantitative estimate of drug-likeness (QED) is 0.517. The van der Waals surface area contributed by atoms with Gasteiger partial charge in [-0.2, -0.15) is 18.2 Å². The van der Waals surface area contributed by atoms with Crippen LogP contribution in [0.3, 0.4) is 0 Å². The molecule has 1 aromatic rings. The molecule has 0 saturated heterocycles. The molecular weight excluding hydrogens is 264 g/mol. The summed E-state index contributed by atoms with van der Waals surface area (Å²) in [6.45, 7) is 0.0487. The van der Waals surface area contributed by atoms with Crippen LogP contribution in [0.15, 0.2) is 12.4 Å². The molecule has 9 nitrogen and oxygen atoms in total. The maximum atomic E-state index is 11.5. The van der Waals surface area contributed by atoms with Crippen molar-refractivity contribution in [3.05, 3.63) is 12.4 Å². The highest BCUT2D eigenvalue weighted by molar-refractivity contribution is 7.90. The molecule has 0 spiro atoms. The van der Waals surface area contributed by atoms with Crippen molar-refractivity contribution in [2.45, 2.75) is 6.54 Å². The van der Waals surface area contributed by atoms with Gasteiger partial charge in [-0.3, -0.25) is 14.2 Å². The topological polar surface area (TPSA) is 123 Å². The highest BCUT2D eigenvalue weighted by Crippen LogP contribution is 2.06. The molecule has 0 bridgehead atoms. The fraction of sp³-hybridized carbons (Fsp3) is 0.500. The molecule has 0 aliphatic heterocycles. The Kier molecular flexibility index (Phi) is 5.07. The number of aromatic nitrogens is 2. The van der Waals surface area contributed by atoms with Crippen molar-refractivity contribution in [3.8, 4) is 0 Å². The summed E-state index contributed by atoms with van der Waals surface area (Å²) in [5, 5.41) is 12.2. The maximum Gasteiger partial charge on any atom is 0.325 e. The lowest BCUT2D eigenvalue weighted by atomic mass is 10.6. The monoisotopic (exact) mass is 278 g/mol. The summed E-state index contributed by atoms with van der Waals surface area (Å²) < 4.78 is 33.2. The second kappa shape index (κ2) is 6.33. The Morgan fingerprint density at radius 1 is 1.61 bits per heavy atom. The second-order valence-electron chi connectivity index (χ2n) is 3.31. The molecule has 0 aliphatic rings. The van der Waals surface area contributed by atoms with E-state index in [0.29, 0.717) is 0 Å². The Hall–Kier alpha value is -1.65. The molecule has 18 heavy (non-hydrogen) atoms. The summed E-state index contributed by atoms with van der Waals surface area (Å²) in [5.74, 6) is -1.06. The molecule has 1 rings (SSSR count). The zero-order valence-electron chi connectivity index (χ0n) is 9.66. The first-order chi connectivity index (χ1) is 8.43. The molecule has 0 fully saturated rings. The number of nitrogens with one attached hydrogen (secondary N) is 2. The minimum absolute atomic E-state index is 0.134. The number of methoxy groups -OCH3 is 1. The number of carboxylic acid groups (broad SMARTS) is 1. The van der Waals surface area contributed by atoms with Crippen LogP contribution < -0.4 is 9.44 Å². The summed E-state index contributed by atoms with van der Waals surface area (Å²) in [6, 6.07) is 0. The fourth-order valence-corrected chi connectivity index (χ4v) is 1.95. The van der Waals surface area contributed by atoms with Crippen LogP contribution in [-0.2, 0) is 26.3 Å². The predicted molar refractivity (Wildman–Crippen MR) is 62.3 cm³/mol. The third-order valence-corrected chi connectivity index (χ3v) is 2.87. The van der Waals surface area contributed by atoms with E-state index in [1.165, 1.54) is 19.5 Å². The van der Waals surface area contributed by atoms with Gasteiger partial charge in [0.15, 0.2) is 0 Å². The van der Waals surface area contributed by atoms with Gasteiger partial charge in [-0.25, -0.2) is 0 Å². The van der Waals surface area contributed by atoms with Gasteiger partial charge in [0.2, 0.25) is 0 Å². The van der Waals surface area contributed by atoms with Crippen molar-refractivity contribution in [2.24, 2.45) is 0 Å². The van der Waals surface area contributed by atoms with Crippen LogP contribution in [0.25, 0.3) is 0 Å². The first kappa shape index (κ1) is 14.4. The van der Waals surface area contributed by atoms with E-state index in [0.717, 1.165) is 4.68 Å². The number of hydrogen-bond donors (Lipinski definition) is 3. The molecule has 0 unspecified atom stereocenters. The molecule has 0 atom stereocenters. The summed E-state index contributed by atoms with van der Waals surface area (Å²) in [5.41, 5.74) is 0.182. The van der Waals surface area contributed by atoms with Gasteiger partial charge in [0, 0.05) is 19.9 Å². The first-order valence-corrected chi connectivity index (χ1v) is 6.42. The molecule has 102 valence electrons. The number of carbonyl (C=O) groups is 1. The lowest BCUT2D eigenvalue weighted by Gasteiger charge is -2.06. The molecule has 3 N–H and O–H groups in total. The maximum absolute atomic E-state index is 11.5. The number of aliphatic carboxylic acids is 1. The van der Waals surface area contributed by atoms with Crippen molar-refractivity contribution in [1.29, 1.82) is 0 Å². The zero-order chi connectivity index (χ0) is 13.6. The fourth-order valence-electron chi connectivity index (χ4n) is 1.11. The minimum Gasteiger partial charge on any atom is -0.480 e. The van der Waals surface area contributed by atoms with Crippen LogP contribution in [0.2, 0.25) is 0 Å². The van der Waals surface area contributed by atoms with E-state index < -0.39 is 16.2 Å². The Balaban J connectivity index is 2.55. The minimum atomic E-state index is -3.70. The second-order valence-corrected chi connectivity index (χ2v) is 4.81. The highest BCUT2D eigenvalue weighted by atomic mass is 32.2. The lowest BCUT2D eigenvalue weighted by molar-refractivity contribution is -0.137. The molecule has 1 heterocycles. The SMILES string of the molecule is COCCNS(=O)(=O)Nc1cnn(CC(=O)O)c1. The largest absolute Gasteiger partial charge is 0.480 e. The number of carboxylic acids is 1. The third kappa shape index (κ3) is 5.12. The highest BCUT2D eigenvalue weighted by Gasteiger charge is 2.10. The standard InChI is InChI=1S/C8H14N4O5S/c1-17-3-2-10-18(15,16)11-7-4-9-12(5-7)6-8(13)14/h4-5,10-11H,2-3,6H2,1H3,(H,13,14). The van der Waals surface area contributed by atoms with Crippen LogP contribution in [0.5, 0.6) is 0 Å². The number of ether oxygens (including phenoxy) is 1. The van der Waals surface area contributed by atoms with Crippen molar-refractivity contribution in [3.63, 3.8) is 0 Å². The van der Waals surface area contributed by atoms with Gasteiger partial charge >= 0.3 is 5.97 Å². The molecule has 0 radical (unpaired) electrons. The zero-order valence-corrected chi connectivity index (χ0v) is 10.5. The molecule has 0 amide bonds. The van der Waals surface area contributed by atoms with E-state index in [9.17, 15) is 13.2 Å². The molecule has 1 aromatic heterocycles. The van der Waals surface area contributed by atoms with Gasteiger partial charge in [0.05, 0.1) is 18.5 Å². The van der Waals surface area contributed by atoms with Gasteiger partial charge in [-0.1, -0.05) is 0 Å². The van der Waals surface area contributed by atoms with Crippen molar-refractivity contribution in [1.82, 2.24) is 14.5 Å². The van der Waals surface area contributed by atoms with E-state index in [1.54, 1.807) is 0 Å². The predicted octanol–water partition coefficient (Wildman–Crippen LogP) is -1.14. The Morgan fingerprint density at radius 2 is 2.33 bits per heavy atom. The van der Waals surface area contributed by atoms with Crippen LogP contribution in [0.1, 0.15) is 0 Å². The van der Waals surface area contributed by atoms with Crippen LogP contribution in [0.4, 0.5) is 5.69 Å². The molecule has 0 aliphatic carbocycles. The lowest BCUT2D eigenvalue weighted by Crippen LogP contribution is -2.32. The number of anilines is 1. The van der Waals surface area contributed by atoms with Gasteiger partial charge in [0.25, 0.3) is 10.2 Å². The van der Waals surface area contributed by atoms with Crippen molar-refractivity contribution >= 4 is 21.9 Å². The summed E-state index contributed by atoms with van der Waals surface area (Å²) in [6.07, 6.45) is 2.50. The average Bonchev–Trinajstić information content (AvgIpc) is 2.63. The number of hydrogen-bond acceptors (Lipinski definition) is 5. The average molecular weight is 278 g/mol. The van der Waals surface area contributed by atoms with E-state index in [4.69, 9.17) is 9.84 Å². The Morgan fingerprint density at radius 3 is 2.94 bits per heavy atom. The summed E-state index contributed by atoms with van der Waals surface area (Å²) in [4.78, 5) is 10.4. The third-order valence-electron chi connectivity index (χ3n) is 1.78. The number of rotatable bonds is 8. The first-order valence-electron chi connectivity index (χ1n) is 4.93. The van der Waals surface area contributed by atoms with Gasteiger partial charge in [0.1, 0.15) is 6.54 Å². The van der Waals surface area contributed by atoms with E-state index in [1.807, 2.05) is 0 Å². The van der Waals surface area contributed by atoms with E-state index in [-0.39, 0.29) is 25.4 Å². The Labute approximate surface area is 104 Å². The normalized spacial score (nSPS) is 11.4. The smallest absolute Gasteiger partial charge is 0.325 e. The molecule has 10 heteroatoms.